The van der Waals surface area contributed by atoms with Crippen molar-refractivity contribution >= 4 is 11.6 Å². The maximum atomic E-state index is 5.98. The van der Waals surface area contributed by atoms with Crippen LogP contribution in [0.2, 0.25) is 5.15 Å². The van der Waals surface area contributed by atoms with E-state index in [0.29, 0.717) is 17.1 Å². The van der Waals surface area contributed by atoms with Gasteiger partial charge in [0.1, 0.15) is 17.1 Å². The molecular weight excluding hydrogens is 248 g/mol. The minimum Gasteiger partial charge on any atom is -0.474 e. The maximum Gasteiger partial charge on any atom is 0.218 e. The van der Waals surface area contributed by atoms with Crippen molar-refractivity contribution in [2.45, 2.75) is 58.5 Å². The summed E-state index contributed by atoms with van der Waals surface area (Å²) in [6.07, 6.45) is 7.16. The van der Waals surface area contributed by atoms with Crippen molar-refractivity contribution in [1.82, 2.24) is 9.97 Å². The number of rotatable bonds is 4. The molecule has 1 fully saturated rings. The second-order valence-electron chi connectivity index (χ2n) is 4.98. The number of halogens is 1. The first-order chi connectivity index (χ1) is 8.71. The summed E-state index contributed by atoms with van der Waals surface area (Å²) in [5, 5.41) is 0.472. The third-order valence-electron chi connectivity index (χ3n) is 3.63. The van der Waals surface area contributed by atoms with Gasteiger partial charge in [-0.1, -0.05) is 38.3 Å². The molecule has 0 bridgehead atoms. The first-order valence-electron chi connectivity index (χ1n) is 6.91. The van der Waals surface area contributed by atoms with E-state index in [1.54, 1.807) is 6.07 Å². The monoisotopic (exact) mass is 268 g/mol. The SMILES string of the molecule is CCc1nc(Cl)cc(OC2CCCC(CC)C2)n1. The van der Waals surface area contributed by atoms with Crippen LogP contribution in [-0.4, -0.2) is 16.1 Å². The number of ether oxygens (including phenoxy) is 1. The van der Waals surface area contributed by atoms with Crippen LogP contribution in [0.4, 0.5) is 0 Å². The lowest BCUT2D eigenvalue weighted by Gasteiger charge is -2.28. The second-order valence-corrected chi connectivity index (χ2v) is 5.37. The van der Waals surface area contributed by atoms with Gasteiger partial charge < -0.3 is 4.74 Å². The fourth-order valence-electron chi connectivity index (χ4n) is 2.55. The summed E-state index contributed by atoms with van der Waals surface area (Å²) >= 11 is 5.97. The summed E-state index contributed by atoms with van der Waals surface area (Å²) in [5.41, 5.74) is 0. The van der Waals surface area contributed by atoms with E-state index in [4.69, 9.17) is 16.3 Å². The quantitative estimate of drug-likeness (QED) is 0.773. The second kappa shape index (κ2) is 6.37. The molecule has 1 aromatic heterocycles. The Hall–Kier alpha value is -0.830. The molecule has 0 N–H and O–H groups in total. The normalized spacial score (nSPS) is 23.9. The van der Waals surface area contributed by atoms with Gasteiger partial charge in [-0.25, -0.2) is 4.98 Å². The lowest BCUT2D eigenvalue weighted by molar-refractivity contribution is 0.116. The Morgan fingerprint density at radius 2 is 2.17 bits per heavy atom. The number of aromatic nitrogens is 2. The smallest absolute Gasteiger partial charge is 0.218 e. The predicted octanol–water partition coefficient (Wildman–Crippen LogP) is 4.04. The van der Waals surface area contributed by atoms with Gasteiger partial charge in [0.15, 0.2) is 0 Å². The first kappa shape index (κ1) is 13.6. The number of hydrogen-bond acceptors (Lipinski definition) is 3. The number of hydrogen-bond donors (Lipinski definition) is 0. The fourth-order valence-corrected chi connectivity index (χ4v) is 2.74. The molecule has 4 heteroatoms. The van der Waals surface area contributed by atoms with Gasteiger partial charge in [-0.3, -0.25) is 0 Å². The van der Waals surface area contributed by atoms with Crippen LogP contribution in [0.25, 0.3) is 0 Å². The highest BCUT2D eigenvalue weighted by molar-refractivity contribution is 6.29. The maximum absolute atomic E-state index is 5.98. The highest BCUT2D eigenvalue weighted by atomic mass is 35.5. The number of aryl methyl sites for hydroxylation is 1. The van der Waals surface area contributed by atoms with E-state index < -0.39 is 0 Å². The Labute approximate surface area is 114 Å². The van der Waals surface area contributed by atoms with Crippen LogP contribution >= 0.6 is 11.6 Å². The van der Waals surface area contributed by atoms with E-state index in [-0.39, 0.29) is 0 Å². The summed E-state index contributed by atoms with van der Waals surface area (Å²) in [4.78, 5) is 8.53. The van der Waals surface area contributed by atoms with Gasteiger partial charge >= 0.3 is 0 Å². The molecule has 18 heavy (non-hydrogen) atoms. The van der Waals surface area contributed by atoms with Crippen LogP contribution in [-0.2, 0) is 6.42 Å². The minimum absolute atomic E-state index is 0.291. The standard InChI is InChI=1S/C14H21ClN2O/c1-3-10-6-5-7-11(8-10)18-14-9-12(15)16-13(4-2)17-14/h9-11H,3-8H2,1-2H3. The van der Waals surface area contributed by atoms with Gasteiger partial charge in [0.05, 0.1) is 0 Å². The van der Waals surface area contributed by atoms with Gasteiger partial charge in [0, 0.05) is 12.5 Å². The van der Waals surface area contributed by atoms with Gasteiger partial charge in [0.2, 0.25) is 5.88 Å². The molecule has 100 valence electrons. The van der Waals surface area contributed by atoms with Crippen molar-refractivity contribution in [3.05, 3.63) is 17.0 Å². The van der Waals surface area contributed by atoms with Crippen LogP contribution < -0.4 is 4.74 Å². The Morgan fingerprint density at radius 3 is 2.89 bits per heavy atom. The zero-order valence-electron chi connectivity index (χ0n) is 11.2. The summed E-state index contributed by atoms with van der Waals surface area (Å²) < 4.78 is 5.98. The fraction of sp³-hybridized carbons (Fsp3) is 0.714. The van der Waals surface area contributed by atoms with Crippen LogP contribution in [0.5, 0.6) is 5.88 Å². The van der Waals surface area contributed by atoms with Crippen molar-refractivity contribution in [3.8, 4) is 5.88 Å². The van der Waals surface area contributed by atoms with Crippen LogP contribution in [0, 0.1) is 5.92 Å². The van der Waals surface area contributed by atoms with Gasteiger partial charge in [-0.2, -0.15) is 4.98 Å². The Morgan fingerprint density at radius 1 is 1.33 bits per heavy atom. The Kier molecular flexibility index (Phi) is 4.81. The molecule has 2 unspecified atom stereocenters. The van der Waals surface area contributed by atoms with E-state index in [0.717, 1.165) is 31.0 Å². The third kappa shape index (κ3) is 3.58. The van der Waals surface area contributed by atoms with E-state index in [9.17, 15) is 0 Å². The van der Waals surface area contributed by atoms with Crippen molar-refractivity contribution in [2.75, 3.05) is 0 Å². The largest absolute Gasteiger partial charge is 0.474 e. The topological polar surface area (TPSA) is 35.0 Å². The minimum atomic E-state index is 0.291. The summed E-state index contributed by atoms with van der Waals surface area (Å²) in [6.45, 7) is 4.27. The average molecular weight is 269 g/mol. The summed E-state index contributed by atoms with van der Waals surface area (Å²) in [7, 11) is 0. The predicted molar refractivity (Wildman–Crippen MR) is 73.1 cm³/mol. The molecule has 0 aromatic carbocycles. The van der Waals surface area contributed by atoms with Crippen molar-refractivity contribution in [1.29, 1.82) is 0 Å². The number of nitrogens with zero attached hydrogens (tertiary/aromatic N) is 2. The third-order valence-corrected chi connectivity index (χ3v) is 3.83. The van der Waals surface area contributed by atoms with Gasteiger partial charge in [0.25, 0.3) is 0 Å². The van der Waals surface area contributed by atoms with Crippen LogP contribution in [0.3, 0.4) is 0 Å². The molecule has 1 saturated carbocycles. The molecule has 0 amide bonds. The van der Waals surface area contributed by atoms with E-state index >= 15 is 0 Å². The molecule has 2 atom stereocenters. The molecule has 1 aromatic rings. The molecule has 0 saturated heterocycles. The van der Waals surface area contributed by atoms with E-state index in [2.05, 4.69) is 16.9 Å². The molecule has 1 heterocycles. The molecule has 2 rings (SSSR count). The first-order valence-corrected chi connectivity index (χ1v) is 7.29. The van der Waals surface area contributed by atoms with Gasteiger partial charge in [-0.15, -0.1) is 0 Å². The average Bonchev–Trinajstić information content (AvgIpc) is 2.38. The highest BCUT2D eigenvalue weighted by Crippen LogP contribution is 2.29. The van der Waals surface area contributed by atoms with Crippen LogP contribution in [0.15, 0.2) is 6.07 Å². The Bertz CT molecular complexity index is 397. The lowest BCUT2D eigenvalue weighted by Crippen LogP contribution is -2.25. The highest BCUT2D eigenvalue weighted by Gasteiger charge is 2.22. The molecular formula is C14H21ClN2O. The zero-order chi connectivity index (χ0) is 13.0. The van der Waals surface area contributed by atoms with Crippen molar-refractivity contribution < 1.29 is 4.74 Å². The molecule has 3 nitrogen and oxygen atoms in total. The molecule has 0 spiro atoms. The zero-order valence-corrected chi connectivity index (χ0v) is 11.9. The molecule has 0 aliphatic heterocycles. The van der Waals surface area contributed by atoms with Crippen LogP contribution in [0.1, 0.15) is 51.8 Å². The molecule has 1 aliphatic carbocycles. The molecule has 0 radical (unpaired) electrons. The van der Waals surface area contributed by atoms with E-state index in [1.807, 2.05) is 6.92 Å². The summed E-state index contributed by atoms with van der Waals surface area (Å²) in [6, 6.07) is 1.72. The van der Waals surface area contributed by atoms with Crippen molar-refractivity contribution in [2.24, 2.45) is 5.92 Å². The lowest BCUT2D eigenvalue weighted by atomic mass is 9.85. The molecule has 1 aliphatic rings. The summed E-state index contributed by atoms with van der Waals surface area (Å²) in [5.74, 6) is 2.18. The van der Waals surface area contributed by atoms with E-state index in [1.165, 1.54) is 19.3 Å². The Balaban J connectivity index is 2.02. The van der Waals surface area contributed by atoms with Crippen molar-refractivity contribution in [3.63, 3.8) is 0 Å². The van der Waals surface area contributed by atoms with Gasteiger partial charge in [-0.05, 0) is 25.2 Å².